The van der Waals surface area contributed by atoms with Gasteiger partial charge in [-0.1, -0.05) is 24.3 Å². The van der Waals surface area contributed by atoms with Crippen LogP contribution in [0.1, 0.15) is 23.2 Å². The van der Waals surface area contributed by atoms with E-state index >= 15 is 0 Å². The smallest absolute Gasteiger partial charge is 0.119 e. The van der Waals surface area contributed by atoms with Crippen molar-refractivity contribution >= 4 is 10.9 Å². The third kappa shape index (κ3) is 1.83. The molecule has 4 rings (SSSR count). The molecule has 0 saturated heterocycles. The van der Waals surface area contributed by atoms with E-state index in [1.165, 1.54) is 11.1 Å². The van der Waals surface area contributed by atoms with E-state index in [1.807, 2.05) is 30.5 Å². The molecule has 1 aliphatic carbocycles. The SMILES string of the molecule is COc1ccc2c(c1)C(N)C(n1ncc3ccccc31)C2. The third-order valence-electron chi connectivity index (χ3n) is 4.37. The molecule has 0 saturated carbocycles. The summed E-state index contributed by atoms with van der Waals surface area (Å²) in [5.74, 6) is 0.857. The van der Waals surface area contributed by atoms with E-state index < -0.39 is 0 Å². The quantitative estimate of drug-likeness (QED) is 0.784. The molecule has 106 valence electrons. The van der Waals surface area contributed by atoms with Gasteiger partial charge in [0.25, 0.3) is 0 Å². The number of hydrogen-bond acceptors (Lipinski definition) is 3. The molecule has 0 amide bonds. The van der Waals surface area contributed by atoms with Gasteiger partial charge in [0.15, 0.2) is 0 Å². The molecule has 2 unspecified atom stereocenters. The summed E-state index contributed by atoms with van der Waals surface area (Å²) in [6, 6.07) is 14.5. The second kappa shape index (κ2) is 4.60. The first-order valence-corrected chi connectivity index (χ1v) is 7.12. The Hall–Kier alpha value is -2.33. The summed E-state index contributed by atoms with van der Waals surface area (Å²) < 4.78 is 7.37. The minimum Gasteiger partial charge on any atom is -0.497 e. The fourth-order valence-corrected chi connectivity index (χ4v) is 3.25. The topological polar surface area (TPSA) is 53.1 Å². The molecule has 0 aliphatic heterocycles. The average Bonchev–Trinajstić information content (AvgIpc) is 3.08. The first-order valence-electron chi connectivity index (χ1n) is 7.12. The minimum absolute atomic E-state index is 0.0570. The van der Waals surface area contributed by atoms with Crippen LogP contribution < -0.4 is 10.5 Å². The zero-order valence-electron chi connectivity index (χ0n) is 11.9. The molecule has 2 aromatic carbocycles. The van der Waals surface area contributed by atoms with Crippen LogP contribution in [-0.2, 0) is 6.42 Å². The Kier molecular flexibility index (Phi) is 2.72. The van der Waals surface area contributed by atoms with Gasteiger partial charge in [0.1, 0.15) is 5.75 Å². The molecule has 0 radical (unpaired) electrons. The Morgan fingerprint density at radius 2 is 2.10 bits per heavy atom. The number of nitrogens with zero attached hydrogens (tertiary/aromatic N) is 2. The number of nitrogens with two attached hydrogens (primary N) is 1. The maximum absolute atomic E-state index is 6.48. The van der Waals surface area contributed by atoms with Crippen molar-refractivity contribution in [3.63, 3.8) is 0 Å². The van der Waals surface area contributed by atoms with Crippen molar-refractivity contribution in [2.24, 2.45) is 5.73 Å². The molecule has 0 spiro atoms. The number of rotatable bonds is 2. The van der Waals surface area contributed by atoms with Gasteiger partial charge in [-0.3, -0.25) is 4.68 Å². The van der Waals surface area contributed by atoms with Gasteiger partial charge < -0.3 is 10.5 Å². The van der Waals surface area contributed by atoms with E-state index in [4.69, 9.17) is 10.5 Å². The molecular weight excluding hydrogens is 262 g/mol. The molecular formula is C17H17N3O. The Morgan fingerprint density at radius 3 is 2.95 bits per heavy atom. The fourth-order valence-electron chi connectivity index (χ4n) is 3.25. The predicted octanol–water partition coefficient (Wildman–Crippen LogP) is 2.84. The first-order chi connectivity index (χ1) is 10.3. The van der Waals surface area contributed by atoms with Crippen molar-refractivity contribution in [1.82, 2.24) is 9.78 Å². The maximum Gasteiger partial charge on any atom is 0.119 e. The van der Waals surface area contributed by atoms with Crippen molar-refractivity contribution in [2.45, 2.75) is 18.5 Å². The van der Waals surface area contributed by atoms with Crippen molar-refractivity contribution in [3.8, 4) is 5.75 Å². The number of ether oxygens (including phenoxy) is 1. The van der Waals surface area contributed by atoms with E-state index in [2.05, 4.69) is 28.0 Å². The number of aromatic nitrogens is 2. The van der Waals surface area contributed by atoms with Crippen LogP contribution in [0, 0.1) is 0 Å². The Bertz CT molecular complexity index is 809. The molecule has 1 heterocycles. The highest BCUT2D eigenvalue weighted by atomic mass is 16.5. The third-order valence-corrected chi connectivity index (χ3v) is 4.37. The summed E-state index contributed by atoms with van der Waals surface area (Å²) >= 11 is 0. The van der Waals surface area contributed by atoms with E-state index in [1.54, 1.807) is 7.11 Å². The summed E-state index contributed by atoms with van der Waals surface area (Å²) in [6.45, 7) is 0. The van der Waals surface area contributed by atoms with Crippen LogP contribution in [0.3, 0.4) is 0 Å². The number of methoxy groups -OCH3 is 1. The normalized spacial score (nSPS) is 20.7. The molecule has 21 heavy (non-hydrogen) atoms. The molecule has 1 aromatic heterocycles. The average molecular weight is 279 g/mol. The van der Waals surface area contributed by atoms with Gasteiger partial charge in [0.2, 0.25) is 0 Å². The summed E-state index contributed by atoms with van der Waals surface area (Å²) in [5.41, 5.74) is 10.1. The molecule has 4 nitrogen and oxygen atoms in total. The van der Waals surface area contributed by atoms with Crippen molar-refractivity contribution in [1.29, 1.82) is 0 Å². The van der Waals surface area contributed by atoms with Crippen molar-refractivity contribution in [2.75, 3.05) is 7.11 Å². The van der Waals surface area contributed by atoms with Crippen LogP contribution in [0.4, 0.5) is 0 Å². The Morgan fingerprint density at radius 1 is 1.24 bits per heavy atom. The summed E-state index contributed by atoms with van der Waals surface area (Å²) in [7, 11) is 1.68. The molecule has 2 atom stereocenters. The highest BCUT2D eigenvalue weighted by Gasteiger charge is 2.32. The van der Waals surface area contributed by atoms with Gasteiger partial charge in [-0.25, -0.2) is 0 Å². The molecule has 0 bridgehead atoms. The number of hydrogen-bond donors (Lipinski definition) is 1. The lowest BCUT2D eigenvalue weighted by atomic mass is 10.1. The fraction of sp³-hybridized carbons (Fsp3) is 0.235. The molecule has 4 heteroatoms. The number of benzene rings is 2. The predicted molar refractivity (Wildman–Crippen MR) is 82.4 cm³/mol. The van der Waals surface area contributed by atoms with E-state index in [0.29, 0.717) is 0 Å². The van der Waals surface area contributed by atoms with E-state index in [9.17, 15) is 0 Å². The van der Waals surface area contributed by atoms with Crippen LogP contribution in [0.15, 0.2) is 48.7 Å². The molecule has 3 aromatic rings. The van der Waals surface area contributed by atoms with Gasteiger partial charge in [-0.2, -0.15) is 5.10 Å². The lowest BCUT2D eigenvalue weighted by molar-refractivity contribution is 0.410. The molecule has 0 fully saturated rings. The van der Waals surface area contributed by atoms with Crippen LogP contribution in [0.25, 0.3) is 10.9 Å². The lowest BCUT2D eigenvalue weighted by Crippen LogP contribution is -2.21. The highest BCUT2D eigenvalue weighted by Crippen LogP contribution is 2.40. The zero-order chi connectivity index (χ0) is 14.4. The van der Waals surface area contributed by atoms with Gasteiger partial charge in [0.05, 0.1) is 30.9 Å². The van der Waals surface area contributed by atoms with Gasteiger partial charge in [-0.05, 0) is 35.7 Å². The van der Waals surface area contributed by atoms with Crippen LogP contribution >= 0.6 is 0 Å². The largest absolute Gasteiger partial charge is 0.497 e. The number of fused-ring (bicyclic) bond motifs is 2. The first kappa shape index (κ1) is 12.4. The monoisotopic (exact) mass is 279 g/mol. The number of para-hydroxylation sites is 1. The Labute approximate surface area is 123 Å². The standard InChI is InChI=1S/C17H17N3O/c1-21-13-7-6-11-8-16(17(18)14(11)9-13)20-15-5-3-2-4-12(15)10-19-20/h2-7,9-10,16-17H,8,18H2,1H3. The molecule has 2 N–H and O–H groups in total. The van der Waals surface area contributed by atoms with Crippen LogP contribution in [0.5, 0.6) is 5.75 Å². The van der Waals surface area contributed by atoms with E-state index in [-0.39, 0.29) is 12.1 Å². The van der Waals surface area contributed by atoms with Gasteiger partial charge in [-0.15, -0.1) is 0 Å². The molecule has 1 aliphatic rings. The Balaban J connectivity index is 1.78. The lowest BCUT2D eigenvalue weighted by Gasteiger charge is -2.18. The highest BCUT2D eigenvalue weighted by molar-refractivity contribution is 5.78. The van der Waals surface area contributed by atoms with Gasteiger partial charge in [0, 0.05) is 5.39 Å². The van der Waals surface area contributed by atoms with Crippen molar-refractivity contribution < 1.29 is 4.74 Å². The van der Waals surface area contributed by atoms with E-state index in [0.717, 1.165) is 23.1 Å². The van der Waals surface area contributed by atoms with Crippen molar-refractivity contribution in [3.05, 3.63) is 59.8 Å². The van der Waals surface area contributed by atoms with Crippen LogP contribution in [-0.4, -0.2) is 16.9 Å². The zero-order valence-corrected chi connectivity index (χ0v) is 11.9. The van der Waals surface area contributed by atoms with Gasteiger partial charge >= 0.3 is 0 Å². The summed E-state index contributed by atoms with van der Waals surface area (Å²) in [4.78, 5) is 0. The summed E-state index contributed by atoms with van der Waals surface area (Å²) in [6.07, 6.45) is 2.82. The minimum atomic E-state index is -0.0570. The summed E-state index contributed by atoms with van der Waals surface area (Å²) in [5, 5.41) is 5.71. The second-order valence-corrected chi connectivity index (χ2v) is 5.51. The second-order valence-electron chi connectivity index (χ2n) is 5.51. The maximum atomic E-state index is 6.48. The van der Waals surface area contributed by atoms with Crippen LogP contribution in [0.2, 0.25) is 0 Å².